The molecule has 0 amide bonds. The minimum absolute atomic E-state index is 0.146. The first-order valence-electron chi connectivity index (χ1n) is 11.6. The van der Waals surface area contributed by atoms with Gasteiger partial charge in [-0.1, -0.05) is 24.5 Å². The summed E-state index contributed by atoms with van der Waals surface area (Å²) in [4.78, 5) is 0. The molecule has 0 aliphatic rings. The van der Waals surface area contributed by atoms with Gasteiger partial charge < -0.3 is 9.47 Å². The van der Waals surface area contributed by atoms with Crippen LogP contribution in [-0.2, 0) is 6.11 Å². The molecule has 4 aromatic carbocycles. The van der Waals surface area contributed by atoms with Gasteiger partial charge in [0.2, 0.25) is 0 Å². The van der Waals surface area contributed by atoms with Crippen LogP contribution in [0.15, 0.2) is 67.3 Å². The molecule has 216 valence electrons. The summed E-state index contributed by atoms with van der Waals surface area (Å²) in [6, 6.07) is 5.23. The fourth-order valence-corrected chi connectivity index (χ4v) is 3.69. The SMILES string of the molecule is C=CCOc1cc(F)c(C(F)(F)Oc2ccc(C#Cc3cc(F)c(-c4cc(F)c(F)c(F)c4)c(F)c3)c(F)c2)c(F)c1. The lowest BCUT2D eigenvalue weighted by molar-refractivity contribution is -0.189. The number of rotatable bonds is 7. The normalized spacial score (nSPS) is 11.1. The van der Waals surface area contributed by atoms with Gasteiger partial charge in [0.25, 0.3) is 0 Å². The molecule has 2 nitrogen and oxygen atoms in total. The maximum atomic E-state index is 14.6. The molecule has 4 aromatic rings. The Kier molecular flexibility index (Phi) is 8.51. The van der Waals surface area contributed by atoms with Crippen molar-refractivity contribution in [2.24, 2.45) is 0 Å². The summed E-state index contributed by atoms with van der Waals surface area (Å²) >= 11 is 0. The van der Waals surface area contributed by atoms with E-state index in [1.807, 2.05) is 0 Å². The molecule has 0 radical (unpaired) electrons. The highest BCUT2D eigenvalue weighted by Gasteiger charge is 2.41. The number of hydrogen-bond donors (Lipinski definition) is 0. The van der Waals surface area contributed by atoms with Crippen LogP contribution in [0.2, 0.25) is 0 Å². The van der Waals surface area contributed by atoms with Crippen LogP contribution in [0.4, 0.5) is 43.9 Å². The van der Waals surface area contributed by atoms with Gasteiger partial charge in [-0.15, -0.1) is 0 Å². The fraction of sp³-hybridized carbons (Fsp3) is 0.0667. The molecule has 0 aliphatic carbocycles. The van der Waals surface area contributed by atoms with Crippen LogP contribution in [0.25, 0.3) is 11.1 Å². The Morgan fingerprint density at radius 2 is 1.24 bits per heavy atom. The first-order valence-corrected chi connectivity index (χ1v) is 11.6. The van der Waals surface area contributed by atoms with E-state index in [9.17, 15) is 43.9 Å². The average Bonchev–Trinajstić information content (AvgIpc) is 2.89. The van der Waals surface area contributed by atoms with E-state index in [-0.39, 0.29) is 17.9 Å². The molecule has 0 N–H and O–H groups in total. The van der Waals surface area contributed by atoms with Gasteiger partial charge in [-0.3, -0.25) is 0 Å². The number of hydrogen-bond acceptors (Lipinski definition) is 2. The maximum absolute atomic E-state index is 14.6. The molecule has 0 aromatic heterocycles. The predicted molar refractivity (Wildman–Crippen MR) is 131 cm³/mol. The zero-order chi connectivity index (χ0) is 30.8. The van der Waals surface area contributed by atoms with Crippen molar-refractivity contribution >= 4 is 0 Å². The minimum Gasteiger partial charge on any atom is -0.489 e. The number of alkyl halides is 2. The minimum atomic E-state index is -4.59. The molecule has 0 heterocycles. The lowest BCUT2D eigenvalue weighted by Gasteiger charge is -2.20. The lowest BCUT2D eigenvalue weighted by atomic mass is 10.0. The van der Waals surface area contributed by atoms with Crippen molar-refractivity contribution in [3.8, 4) is 34.5 Å². The van der Waals surface area contributed by atoms with Crippen molar-refractivity contribution in [1.29, 1.82) is 0 Å². The van der Waals surface area contributed by atoms with E-state index in [1.54, 1.807) is 0 Å². The topological polar surface area (TPSA) is 18.5 Å². The Labute approximate surface area is 231 Å². The summed E-state index contributed by atoms with van der Waals surface area (Å²) < 4.78 is 151. The molecule has 4 rings (SSSR count). The van der Waals surface area contributed by atoms with Crippen molar-refractivity contribution in [3.63, 3.8) is 0 Å². The van der Waals surface area contributed by atoms with Crippen LogP contribution < -0.4 is 9.47 Å². The molecule has 42 heavy (non-hydrogen) atoms. The molecule has 0 saturated heterocycles. The van der Waals surface area contributed by atoms with E-state index in [2.05, 4.69) is 23.2 Å². The third-order valence-electron chi connectivity index (χ3n) is 5.52. The Morgan fingerprint density at radius 3 is 1.79 bits per heavy atom. The van der Waals surface area contributed by atoms with Gasteiger partial charge in [-0.25, -0.2) is 35.1 Å². The standard InChI is InChI=1S/C30H14F10O2/c1-2-7-41-19-13-23(34)28(24(35)14-19)30(39,40)42-18-6-5-16(20(31)12-18)4-3-15-8-21(32)27(22(33)9-15)17-10-25(36)29(38)26(37)11-17/h2,5-6,8-14H,1,7H2. The van der Waals surface area contributed by atoms with Crippen LogP contribution in [0, 0.1) is 58.4 Å². The van der Waals surface area contributed by atoms with Crippen LogP contribution in [0.5, 0.6) is 11.5 Å². The van der Waals surface area contributed by atoms with Gasteiger partial charge in [0.05, 0.1) is 11.1 Å². The molecule has 0 unspecified atom stereocenters. The molecule has 0 atom stereocenters. The summed E-state index contributed by atoms with van der Waals surface area (Å²) in [6.45, 7) is 3.19. The zero-order valence-electron chi connectivity index (χ0n) is 20.8. The van der Waals surface area contributed by atoms with Gasteiger partial charge in [-0.2, -0.15) is 8.78 Å². The van der Waals surface area contributed by atoms with Crippen LogP contribution in [0.1, 0.15) is 16.7 Å². The monoisotopic (exact) mass is 596 g/mol. The van der Waals surface area contributed by atoms with Gasteiger partial charge in [-0.05, 0) is 42.0 Å². The first-order chi connectivity index (χ1) is 19.8. The number of benzene rings is 4. The molecule has 0 aliphatic heterocycles. The van der Waals surface area contributed by atoms with Crippen molar-refractivity contribution in [2.45, 2.75) is 6.11 Å². The molecule has 0 spiro atoms. The average molecular weight is 596 g/mol. The molecular weight excluding hydrogens is 582 g/mol. The van der Waals surface area contributed by atoms with E-state index in [4.69, 9.17) is 4.74 Å². The molecule has 0 bridgehead atoms. The summed E-state index contributed by atoms with van der Waals surface area (Å²) in [5.41, 5.74) is -4.06. The van der Waals surface area contributed by atoms with Crippen molar-refractivity contribution < 1.29 is 53.4 Å². The Balaban J connectivity index is 1.56. The van der Waals surface area contributed by atoms with Gasteiger partial charge >= 0.3 is 6.11 Å². The van der Waals surface area contributed by atoms with E-state index in [0.717, 1.165) is 12.1 Å². The summed E-state index contributed by atoms with van der Waals surface area (Å²) in [6.07, 6.45) is -3.32. The largest absolute Gasteiger partial charge is 0.489 e. The van der Waals surface area contributed by atoms with Crippen LogP contribution >= 0.6 is 0 Å². The van der Waals surface area contributed by atoms with Gasteiger partial charge in [0.1, 0.15) is 52.8 Å². The van der Waals surface area contributed by atoms with E-state index in [0.29, 0.717) is 42.5 Å². The lowest BCUT2D eigenvalue weighted by Crippen LogP contribution is -2.25. The Bertz CT molecular complexity index is 1690. The highest BCUT2D eigenvalue weighted by atomic mass is 19.3. The Hall–Kier alpha value is -4.92. The highest BCUT2D eigenvalue weighted by molar-refractivity contribution is 5.66. The van der Waals surface area contributed by atoms with Gasteiger partial charge in [0.15, 0.2) is 17.5 Å². The van der Waals surface area contributed by atoms with E-state index in [1.165, 1.54) is 6.08 Å². The van der Waals surface area contributed by atoms with Crippen molar-refractivity contribution in [3.05, 3.63) is 130 Å². The van der Waals surface area contributed by atoms with Crippen LogP contribution in [-0.4, -0.2) is 6.61 Å². The number of halogens is 10. The van der Waals surface area contributed by atoms with E-state index < -0.39 is 80.6 Å². The fourth-order valence-electron chi connectivity index (χ4n) is 3.69. The first kappa shape index (κ1) is 30.0. The summed E-state index contributed by atoms with van der Waals surface area (Å²) in [5, 5.41) is 0. The maximum Gasteiger partial charge on any atom is 0.432 e. The quantitative estimate of drug-likeness (QED) is 0.0922. The smallest absolute Gasteiger partial charge is 0.432 e. The molecular formula is C30H14F10O2. The second-order valence-corrected chi connectivity index (χ2v) is 8.44. The predicted octanol–water partition coefficient (Wildman–Crippen LogP) is 8.56. The summed E-state index contributed by atoms with van der Waals surface area (Å²) in [7, 11) is 0. The summed E-state index contributed by atoms with van der Waals surface area (Å²) in [5.74, 6) is -9.20. The van der Waals surface area contributed by atoms with Crippen molar-refractivity contribution in [2.75, 3.05) is 6.61 Å². The second-order valence-electron chi connectivity index (χ2n) is 8.44. The van der Waals surface area contributed by atoms with Crippen molar-refractivity contribution in [1.82, 2.24) is 0 Å². The third-order valence-corrected chi connectivity index (χ3v) is 5.52. The second kappa shape index (κ2) is 11.9. The van der Waals surface area contributed by atoms with E-state index >= 15 is 0 Å². The van der Waals surface area contributed by atoms with Gasteiger partial charge in [0, 0.05) is 23.8 Å². The number of ether oxygens (including phenoxy) is 2. The highest BCUT2D eigenvalue weighted by Crippen LogP contribution is 2.37. The third kappa shape index (κ3) is 6.35. The Morgan fingerprint density at radius 1 is 0.667 bits per heavy atom. The molecule has 0 saturated carbocycles. The van der Waals surface area contributed by atoms with Crippen LogP contribution in [0.3, 0.4) is 0 Å². The zero-order valence-corrected chi connectivity index (χ0v) is 20.8. The molecule has 0 fully saturated rings. The molecule has 12 heteroatoms.